The third-order valence-electron chi connectivity index (χ3n) is 6.10. The van der Waals surface area contributed by atoms with Crippen LogP contribution in [0, 0.1) is 0 Å². The molecule has 0 saturated carbocycles. The molecule has 11 heteroatoms. The van der Waals surface area contributed by atoms with E-state index in [1.807, 2.05) is 53.3 Å². The lowest BCUT2D eigenvalue weighted by molar-refractivity contribution is 0.417. The third kappa shape index (κ3) is 4.70. The largest absolute Gasteiger partial charge is 0.494 e. The van der Waals surface area contributed by atoms with Crippen LogP contribution in [0.25, 0.3) is 11.3 Å². The highest BCUT2D eigenvalue weighted by Crippen LogP contribution is 2.42. The van der Waals surface area contributed by atoms with Gasteiger partial charge in [-0.25, -0.2) is 4.98 Å². The Bertz CT molecular complexity index is 1480. The standard InChI is InChI=1S/C25H27BrN7O2P/c1-32-11-12-33-20(9-10-28-33)16-13-19(22(35-2)14-21(16)32)30-25-27-15-17(26)24(31-25)29-18-7-5-6-8-23(18)36(3,4)34/h5-10,13-15H,11-12H2,1-4H3,(H2,27,29,30,31). The summed E-state index contributed by atoms with van der Waals surface area (Å²) in [6.07, 6.45) is 3.50. The van der Waals surface area contributed by atoms with Crippen molar-refractivity contribution in [2.45, 2.75) is 6.54 Å². The normalized spacial score (nSPS) is 13.0. The number of anilines is 5. The van der Waals surface area contributed by atoms with E-state index in [2.05, 4.69) is 53.6 Å². The third-order valence-corrected chi connectivity index (χ3v) is 8.23. The van der Waals surface area contributed by atoms with Crippen LogP contribution in [0.15, 0.2) is 59.3 Å². The summed E-state index contributed by atoms with van der Waals surface area (Å²) in [6.45, 7) is 5.15. The van der Waals surface area contributed by atoms with Crippen LogP contribution in [0.4, 0.5) is 28.8 Å². The minimum atomic E-state index is -2.49. The number of para-hydroxylation sites is 1. The fraction of sp³-hybridized carbons (Fsp3) is 0.240. The van der Waals surface area contributed by atoms with Crippen LogP contribution < -0.4 is 25.6 Å². The maximum absolute atomic E-state index is 12.8. The Morgan fingerprint density at radius 2 is 1.89 bits per heavy atom. The van der Waals surface area contributed by atoms with E-state index in [4.69, 9.17) is 4.74 Å². The van der Waals surface area contributed by atoms with Crippen molar-refractivity contribution in [3.8, 4) is 17.0 Å². The minimum Gasteiger partial charge on any atom is -0.494 e. The van der Waals surface area contributed by atoms with Gasteiger partial charge in [0, 0.05) is 48.6 Å². The first-order chi connectivity index (χ1) is 17.2. The highest BCUT2D eigenvalue weighted by Gasteiger charge is 2.22. The number of aromatic nitrogens is 4. The fourth-order valence-electron chi connectivity index (χ4n) is 4.27. The number of ether oxygens (including phenoxy) is 1. The van der Waals surface area contributed by atoms with E-state index in [-0.39, 0.29) is 0 Å². The molecule has 0 unspecified atom stereocenters. The van der Waals surface area contributed by atoms with Gasteiger partial charge in [0.05, 0.1) is 35.2 Å². The molecule has 0 spiro atoms. The quantitative estimate of drug-likeness (QED) is 0.303. The first-order valence-corrected chi connectivity index (χ1v) is 14.8. The first-order valence-electron chi connectivity index (χ1n) is 11.4. The predicted molar refractivity (Wildman–Crippen MR) is 149 cm³/mol. The molecule has 186 valence electrons. The van der Waals surface area contributed by atoms with Crippen LogP contribution in [0.3, 0.4) is 0 Å². The van der Waals surface area contributed by atoms with Crippen LogP contribution in [0.2, 0.25) is 0 Å². The molecule has 36 heavy (non-hydrogen) atoms. The Balaban J connectivity index is 1.52. The number of nitrogens with zero attached hydrogens (tertiary/aromatic N) is 5. The molecule has 0 fully saturated rings. The van der Waals surface area contributed by atoms with E-state index in [0.717, 1.165) is 46.7 Å². The van der Waals surface area contributed by atoms with Crippen molar-refractivity contribution >= 4 is 57.2 Å². The molecule has 0 bridgehead atoms. The second-order valence-corrected chi connectivity index (χ2v) is 13.0. The molecule has 2 aromatic carbocycles. The van der Waals surface area contributed by atoms with Crippen LogP contribution in [-0.4, -0.2) is 53.8 Å². The molecular formula is C25H27BrN7O2P. The number of hydrogen-bond donors (Lipinski definition) is 2. The Morgan fingerprint density at radius 1 is 1.08 bits per heavy atom. The van der Waals surface area contributed by atoms with Gasteiger partial charge in [0.15, 0.2) is 0 Å². The Labute approximate surface area is 218 Å². The van der Waals surface area contributed by atoms with Crippen molar-refractivity contribution in [1.82, 2.24) is 19.7 Å². The number of methoxy groups -OCH3 is 1. The minimum absolute atomic E-state index is 0.392. The second-order valence-electron chi connectivity index (χ2n) is 8.94. The lowest BCUT2D eigenvalue weighted by Gasteiger charge is -2.21. The average Bonchev–Trinajstić information content (AvgIpc) is 3.28. The van der Waals surface area contributed by atoms with Gasteiger partial charge in [0.2, 0.25) is 5.95 Å². The molecule has 2 aromatic heterocycles. The van der Waals surface area contributed by atoms with Crippen molar-refractivity contribution in [2.24, 2.45) is 0 Å². The smallest absolute Gasteiger partial charge is 0.229 e. The zero-order valence-electron chi connectivity index (χ0n) is 20.5. The highest BCUT2D eigenvalue weighted by atomic mass is 79.9. The lowest BCUT2D eigenvalue weighted by Crippen LogP contribution is -2.21. The maximum Gasteiger partial charge on any atom is 0.229 e. The zero-order chi connectivity index (χ0) is 25.4. The number of nitrogens with one attached hydrogen (secondary N) is 2. The van der Waals surface area contributed by atoms with E-state index in [9.17, 15) is 4.57 Å². The van der Waals surface area contributed by atoms with Crippen LogP contribution in [0.1, 0.15) is 0 Å². The molecule has 3 heterocycles. The predicted octanol–water partition coefficient (Wildman–Crippen LogP) is 5.30. The van der Waals surface area contributed by atoms with Crippen molar-refractivity contribution in [1.29, 1.82) is 0 Å². The summed E-state index contributed by atoms with van der Waals surface area (Å²) < 4.78 is 21.2. The molecule has 5 rings (SSSR count). The van der Waals surface area contributed by atoms with E-state index in [1.165, 1.54) is 0 Å². The molecule has 0 amide bonds. The summed E-state index contributed by atoms with van der Waals surface area (Å²) in [4.78, 5) is 11.3. The first kappa shape index (κ1) is 24.3. The number of rotatable bonds is 6. The highest BCUT2D eigenvalue weighted by molar-refractivity contribution is 9.10. The summed E-state index contributed by atoms with van der Waals surface area (Å²) in [5.74, 6) is 1.63. The number of fused-ring (bicyclic) bond motifs is 3. The molecule has 0 atom stereocenters. The van der Waals surface area contributed by atoms with Gasteiger partial charge >= 0.3 is 0 Å². The van der Waals surface area contributed by atoms with Crippen molar-refractivity contribution in [2.75, 3.05) is 49.6 Å². The lowest BCUT2D eigenvalue weighted by atomic mass is 10.1. The van der Waals surface area contributed by atoms with Crippen LogP contribution >= 0.6 is 23.1 Å². The van der Waals surface area contributed by atoms with Gasteiger partial charge in [0.25, 0.3) is 0 Å². The molecule has 0 radical (unpaired) electrons. The van der Waals surface area contributed by atoms with Crippen molar-refractivity contribution < 1.29 is 9.30 Å². The summed E-state index contributed by atoms with van der Waals surface area (Å²) >= 11 is 3.53. The van der Waals surface area contributed by atoms with Crippen molar-refractivity contribution in [3.63, 3.8) is 0 Å². The summed E-state index contributed by atoms with van der Waals surface area (Å²) in [6, 6.07) is 13.6. The average molecular weight is 568 g/mol. The van der Waals surface area contributed by atoms with E-state index >= 15 is 0 Å². The molecule has 9 nitrogen and oxygen atoms in total. The van der Waals surface area contributed by atoms with E-state index < -0.39 is 7.14 Å². The van der Waals surface area contributed by atoms with Crippen LogP contribution in [-0.2, 0) is 11.1 Å². The molecule has 2 N–H and O–H groups in total. The number of likely N-dealkylation sites (N-methyl/N-ethyl adjacent to an activating group) is 1. The number of hydrogen-bond acceptors (Lipinski definition) is 8. The topological polar surface area (TPSA) is 97.2 Å². The maximum atomic E-state index is 12.8. The van der Waals surface area contributed by atoms with Crippen molar-refractivity contribution in [3.05, 3.63) is 59.3 Å². The monoisotopic (exact) mass is 567 g/mol. The van der Waals surface area contributed by atoms with E-state index in [1.54, 1.807) is 26.6 Å². The summed E-state index contributed by atoms with van der Waals surface area (Å²) in [5.41, 5.74) is 4.63. The number of benzene rings is 2. The van der Waals surface area contributed by atoms with Gasteiger partial charge in [-0.2, -0.15) is 10.1 Å². The van der Waals surface area contributed by atoms with Gasteiger partial charge in [-0.15, -0.1) is 0 Å². The Hall–Kier alpha value is -3.36. The molecule has 0 saturated heterocycles. The molecule has 1 aliphatic rings. The molecule has 1 aliphatic heterocycles. The van der Waals surface area contributed by atoms with Gasteiger partial charge in [0.1, 0.15) is 18.7 Å². The van der Waals surface area contributed by atoms with Crippen LogP contribution in [0.5, 0.6) is 5.75 Å². The Morgan fingerprint density at radius 3 is 2.67 bits per heavy atom. The SMILES string of the molecule is COc1cc2c(cc1Nc1ncc(Br)c(Nc3ccccc3P(C)(C)=O)n1)-c1ccnn1CCN2C. The van der Waals surface area contributed by atoms with Gasteiger partial charge < -0.3 is 24.8 Å². The molecule has 0 aliphatic carbocycles. The Kier molecular flexibility index (Phi) is 6.49. The summed E-state index contributed by atoms with van der Waals surface area (Å²) in [7, 11) is 1.22. The van der Waals surface area contributed by atoms with Gasteiger partial charge in [-0.1, -0.05) is 12.1 Å². The van der Waals surface area contributed by atoms with E-state index in [0.29, 0.717) is 22.0 Å². The second kappa shape index (κ2) is 9.59. The molecule has 4 aromatic rings. The zero-order valence-corrected chi connectivity index (χ0v) is 23.0. The number of halogens is 1. The summed E-state index contributed by atoms with van der Waals surface area (Å²) in [5, 5.41) is 11.9. The fourth-order valence-corrected chi connectivity index (χ4v) is 5.72. The molecular weight excluding hydrogens is 541 g/mol. The van der Waals surface area contributed by atoms with Gasteiger partial charge in [-0.3, -0.25) is 4.68 Å². The van der Waals surface area contributed by atoms with Gasteiger partial charge in [-0.05, 0) is 53.5 Å².